The molecule has 0 aliphatic heterocycles. The van der Waals surface area contributed by atoms with E-state index in [1.165, 1.54) is 17.8 Å². The number of para-hydroxylation sites is 2. The molecule has 2 atom stereocenters. The van der Waals surface area contributed by atoms with Gasteiger partial charge in [-0.15, -0.1) is 23.7 Å². The number of rotatable bonds is 4. The summed E-state index contributed by atoms with van der Waals surface area (Å²) in [7, 11) is 0. The van der Waals surface area contributed by atoms with Crippen molar-refractivity contribution in [2.24, 2.45) is 23.5 Å². The van der Waals surface area contributed by atoms with Crippen molar-refractivity contribution in [3.05, 3.63) is 46.7 Å². The van der Waals surface area contributed by atoms with E-state index >= 15 is 0 Å². The average molecular weight is 420 g/mol. The number of halogens is 1. The van der Waals surface area contributed by atoms with Crippen LogP contribution in [0, 0.1) is 17.8 Å². The summed E-state index contributed by atoms with van der Waals surface area (Å²) in [5, 5.41) is 7.82. The number of benzene rings is 1. The number of fused-ring (bicyclic) bond motifs is 2. The maximum Gasteiger partial charge on any atom is 0.265 e. The number of thiophene rings is 1. The molecule has 2 aromatic rings. The Bertz CT molecular complexity index is 813. The molecule has 0 radical (unpaired) electrons. The third kappa shape index (κ3) is 4.40. The van der Waals surface area contributed by atoms with Crippen molar-refractivity contribution in [1.29, 1.82) is 0 Å². The number of hydrogen-bond donors (Lipinski definition) is 3. The van der Waals surface area contributed by atoms with Gasteiger partial charge in [-0.05, 0) is 61.1 Å². The van der Waals surface area contributed by atoms with E-state index in [4.69, 9.17) is 5.73 Å². The van der Waals surface area contributed by atoms with E-state index in [0.717, 1.165) is 25.7 Å². The number of nitrogens with two attached hydrogens (primary N) is 1. The van der Waals surface area contributed by atoms with Crippen molar-refractivity contribution >= 4 is 46.9 Å². The van der Waals surface area contributed by atoms with Gasteiger partial charge in [0.2, 0.25) is 5.91 Å². The van der Waals surface area contributed by atoms with Gasteiger partial charge < -0.3 is 16.4 Å². The first-order valence-electron chi connectivity index (χ1n) is 9.62. The van der Waals surface area contributed by atoms with Crippen molar-refractivity contribution in [3.8, 4) is 0 Å². The summed E-state index contributed by atoms with van der Waals surface area (Å²) in [4.78, 5) is 25.9. The van der Waals surface area contributed by atoms with Gasteiger partial charge in [0.15, 0.2) is 0 Å². The fourth-order valence-corrected chi connectivity index (χ4v) is 5.15. The predicted octanol–water partition coefficient (Wildman–Crippen LogP) is 4.51. The third-order valence-corrected chi connectivity index (χ3v) is 6.83. The number of amides is 2. The highest BCUT2D eigenvalue weighted by Gasteiger charge is 2.40. The number of anilines is 2. The zero-order valence-corrected chi connectivity index (χ0v) is 17.2. The lowest BCUT2D eigenvalue weighted by Gasteiger charge is -2.43. The molecule has 150 valence electrons. The molecule has 2 unspecified atom stereocenters. The van der Waals surface area contributed by atoms with Crippen LogP contribution in [0.25, 0.3) is 0 Å². The van der Waals surface area contributed by atoms with Gasteiger partial charge in [-0.1, -0.05) is 24.6 Å². The minimum absolute atomic E-state index is 0. The molecule has 5 nitrogen and oxygen atoms in total. The van der Waals surface area contributed by atoms with Crippen LogP contribution < -0.4 is 16.4 Å². The first-order chi connectivity index (χ1) is 13.1. The summed E-state index contributed by atoms with van der Waals surface area (Å²) in [5.41, 5.74) is 7.61. The molecule has 2 aliphatic carbocycles. The molecule has 7 heteroatoms. The maximum atomic E-state index is 12.9. The highest BCUT2D eigenvalue weighted by atomic mass is 35.5. The largest absolute Gasteiger partial charge is 0.327 e. The van der Waals surface area contributed by atoms with Gasteiger partial charge in [-0.25, -0.2) is 0 Å². The number of carbonyl (C=O) groups is 2. The summed E-state index contributed by atoms with van der Waals surface area (Å²) in [6.45, 7) is 0. The molecule has 0 spiro atoms. The molecule has 4 rings (SSSR count). The summed E-state index contributed by atoms with van der Waals surface area (Å²) in [5.74, 6) is 0.798. The highest BCUT2D eigenvalue weighted by Crippen LogP contribution is 2.42. The van der Waals surface area contributed by atoms with Crippen LogP contribution in [0.2, 0.25) is 0 Å². The van der Waals surface area contributed by atoms with Crippen molar-refractivity contribution in [1.82, 2.24) is 0 Å². The second-order valence-corrected chi connectivity index (χ2v) is 8.61. The number of nitrogens with one attached hydrogen (secondary N) is 2. The molecular formula is C21H26ClN3O2S. The molecule has 1 aromatic carbocycles. The summed E-state index contributed by atoms with van der Waals surface area (Å²) < 4.78 is 0. The second-order valence-electron chi connectivity index (χ2n) is 7.66. The molecular weight excluding hydrogens is 394 g/mol. The van der Waals surface area contributed by atoms with E-state index < -0.39 is 0 Å². The molecule has 1 heterocycles. The molecule has 0 saturated heterocycles. The molecule has 28 heavy (non-hydrogen) atoms. The molecule has 2 aliphatic rings. The van der Waals surface area contributed by atoms with Crippen molar-refractivity contribution in [3.63, 3.8) is 0 Å². The van der Waals surface area contributed by atoms with Gasteiger partial charge in [0.25, 0.3) is 5.91 Å². The second kappa shape index (κ2) is 9.07. The van der Waals surface area contributed by atoms with Gasteiger partial charge in [0, 0.05) is 12.0 Å². The minimum Gasteiger partial charge on any atom is -0.327 e. The molecule has 4 N–H and O–H groups in total. The zero-order chi connectivity index (χ0) is 18.8. The van der Waals surface area contributed by atoms with E-state index in [1.54, 1.807) is 6.07 Å². The SMILES string of the molecule is Cl.NC1C2CCCC1CC(C(=O)Nc1ccccc1NC(=O)c1cccs1)C2. The van der Waals surface area contributed by atoms with Gasteiger partial charge in [0.05, 0.1) is 16.3 Å². The monoisotopic (exact) mass is 419 g/mol. The lowest BCUT2D eigenvalue weighted by atomic mass is 9.65. The number of hydrogen-bond acceptors (Lipinski definition) is 4. The highest BCUT2D eigenvalue weighted by molar-refractivity contribution is 7.12. The summed E-state index contributed by atoms with van der Waals surface area (Å²) >= 11 is 1.39. The Morgan fingerprint density at radius 1 is 0.964 bits per heavy atom. The van der Waals surface area contributed by atoms with Crippen molar-refractivity contribution in [2.75, 3.05) is 10.6 Å². The quantitative estimate of drug-likeness (QED) is 0.681. The van der Waals surface area contributed by atoms with Crippen molar-refractivity contribution in [2.45, 2.75) is 38.1 Å². The first-order valence-corrected chi connectivity index (χ1v) is 10.5. The Morgan fingerprint density at radius 3 is 2.21 bits per heavy atom. The van der Waals surface area contributed by atoms with Crippen LogP contribution in [0.3, 0.4) is 0 Å². The molecule has 1 aromatic heterocycles. The van der Waals surface area contributed by atoms with E-state index in [9.17, 15) is 9.59 Å². The Labute approximate surface area is 175 Å². The minimum atomic E-state index is -0.162. The Balaban J connectivity index is 0.00000225. The van der Waals surface area contributed by atoms with Crippen LogP contribution >= 0.6 is 23.7 Å². The van der Waals surface area contributed by atoms with Crippen LogP contribution in [0.15, 0.2) is 41.8 Å². The lowest BCUT2D eigenvalue weighted by Crippen LogP contribution is -2.48. The van der Waals surface area contributed by atoms with E-state index in [1.807, 2.05) is 35.7 Å². The summed E-state index contributed by atoms with van der Waals surface area (Å²) in [6, 6.07) is 11.2. The molecule has 2 saturated carbocycles. The van der Waals surface area contributed by atoms with Crippen LogP contribution in [-0.2, 0) is 4.79 Å². The Hall–Kier alpha value is -1.89. The molecule has 2 fully saturated rings. The topological polar surface area (TPSA) is 84.2 Å². The van der Waals surface area contributed by atoms with E-state index in [0.29, 0.717) is 28.1 Å². The van der Waals surface area contributed by atoms with E-state index in [-0.39, 0.29) is 36.2 Å². The van der Waals surface area contributed by atoms with Crippen LogP contribution in [0.4, 0.5) is 11.4 Å². The fraction of sp³-hybridized carbons (Fsp3) is 0.429. The lowest BCUT2D eigenvalue weighted by molar-refractivity contribution is -0.122. The fourth-order valence-electron chi connectivity index (χ4n) is 4.53. The van der Waals surface area contributed by atoms with Crippen molar-refractivity contribution < 1.29 is 9.59 Å². The normalized spacial score (nSPS) is 26.0. The summed E-state index contributed by atoms with van der Waals surface area (Å²) in [6.07, 6.45) is 5.24. The number of carbonyl (C=O) groups excluding carboxylic acids is 2. The smallest absolute Gasteiger partial charge is 0.265 e. The Morgan fingerprint density at radius 2 is 1.61 bits per heavy atom. The standard InChI is InChI=1S/C21H25N3O2S.ClH/c22-19-13-5-3-6-14(19)12-15(11-13)20(25)23-16-7-1-2-8-17(16)24-21(26)18-9-4-10-27-18;/h1-2,4,7-10,13-15,19H,3,5-6,11-12,22H2,(H,23,25)(H,24,26);1H. The van der Waals surface area contributed by atoms with E-state index in [2.05, 4.69) is 10.6 Å². The van der Waals surface area contributed by atoms with Gasteiger partial charge in [0.1, 0.15) is 0 Å². The molecule has 2 amide bonds. The van der Waals surface area contributed by atoms with Crippen LogP contribution in [-0.4, -0.2) is 17.9 Å². The zero-order valence-electron chi connectivity index (χ0n) is 15.6. The third-order valence-electron chi connectivity index (χ3n) is 5.96. The Kier molecular flexibility index (Phi) is 6.75. The molecule has 2 bridgehead atoms. The predicted molar refractivity (Wildman–Crippen MR) is 116 cm³/mol. The van der Waals surface area contributed by atoms with Gasteiger partial charge in [-0.3, -0.25) is 9.59 Å². The van der Waals surface area contributed by atoms with Gasteiger partial charge in [-0.2, -0.15) is 0 Å². The van der Waals surface area contributed by atoms with Crippen LogP contribution in [0.1, 0.15) is 41.8 Å². The van der Waals surface area contributed by atoms with Gasteiger partial charge >= 0.3 is 0 Å². The van der Waals surface area contributed by atoms with Crippen LogP contribution in [0.5, 0.6) is 0 Å². The first kappa shape index (κ1) is 20.8. The maximum absolute atomic E-state index is 12.9. The average Bonchev–Trinajstić information content (AvgIpc) is 3.18.